The second-order valence-corrected chi connectivity index (χ2v) is 5.97. The molecule has 1 heterocycles. The van der Waals surface area contributed by atoms with Crippen LogP contribution in [0.1, 0.15) is 56.2 Å². The molecule has 1 aliphatic carbocycles. The van der Waals surface area contributed by atoms with Crippen LogP contribution < -0.4 is 5.32 Å². The molecule has 0 aromatic heterocycles. The number of benzene rings is 1. The van der Waals surface area contributed by atoms with Gasteiger partial charge < -0.3 is 5.32 Å². The predicted molar refractivity (Wildman–Crippen MR) is 80.1 cm³/mol. The molecule has 1 atom stereocenters. The van der Waals surface area contributed by atoms with Gasteiger partial charge in [0, 0.05) is 25.2 Å². The first-order valence-corrected chi connectivity index (χ1v) is 7.94. The zero-order valence-electron chi connectivity index (χ0n) is 12.1. The first-order valence-electron chi connectivity index (χ1n) is 7.94. The minimum absolute atomic E-state index is 0.582. The molecule has 0 amide bonds. The van der Waals surface area contributed by atoms with Gasteiger partial charge in [0.1, 0.15) is 0 Å². The molecule has 2 nitrogen and oxygen atoms in total. The highest BCUT2D eigenvalue weighted by molar-refractivity contribution is 5.32. The molecule has 2 heteroatoms. The summed E-state index contributed by atoms with van der Waals surface area (Å²) >= 11 is 0. The number of hydrogen-bond donors (Lipinski definition) is 1. The SMILES string of the molecule is CCN(C1CCCCC1)C1CNCc2ccccc21. The van der Waals surface area contributed by atoms with Gasteiger partial charge in [-0.05, 0) is 30.5 Å². The average molecular weight is 258 g/mol. The van der Waals surface area contributed by atoms with Gasteiger partial charge in [0.25, 0.3) is 0 Å². The van der Waals surface area contributed by atoms with Crippen molar-refractivity contribution in [3.8, 4) is 0 Å². The van der Waals surface area contributed by atoms with Gasteiger partial charge >= 0.3 is 0 Å². The van der Waals surface area contributed by atoms with Gasteiger partial charge in [-0.2, -0.15) is 0 Å². The van der Waals surface area contributed by atoms with Gasteiger partial charge in [-0.25, -0.2) is 0 Å². The fourth-order valence-electron chi connectivity index (χ4n) is 3.92. The molecule has 1 aromatic carbocycles. The van der Waals surface area contributed by atoms with Gasteiger partial charge in [-0.15, -0.1) is 0 Å². The second-order valence-electron chi connectivity index (χ2n) is 5.97. The van der Waals surface area contributed by atoms with Gasteiger partial charge in [-0.1, -0.05) is 50.5 Å². The van der Waals surface area contributed by atoms with Gasteiger partial charge in [0.05, 0.1) is 0 Å². The van der Waals surface area contributed by atoms with Crippen molar-refractivity contribution in [1.29, 1.82) is 0 Å². The summed E-state index contributed by atoms with van der Waals surface area (Å²) in [4.78, 5) is 2.75. The van der Waals surface area contributed by atoms with Crippen molar-refractivity contribution >= 4 is 0 Å². The Morgan fingerprint density at radius 2 is 1.95 bits per heavy atom. The lowest BCUT2D eigenvalue weighted by atomic mass is 9.89. The quantitative estimate of drug-likeness (QED) is 0.893. The summed E-state index contributed by atoms with van der Waals surface area (Å²) in [6.45, 7) is 5.65. The Labute approximate surface area is 117 Å². The third-order valence-corrected chi connectivity index (χ3v) is 4.88. The molecule has 0 spiro atoms. The van der Waals surface area contributed by atoms with E-state index >= 15 is 0 Å². The van der Waals surface area contributed by atoms with Crippen LogP contribution in [0.25, 0.3) is 0 Å². The molecule has 1 aromatic rings. The van der Waals surface area contributed by atoms with E-state index in [2.05, 4.69) is 41.4 Å². The van der Waals surface area contributed by atoms with Crippen LogP contribution in [0.5, 0.6) is 0 Å². The first-order chi connectivity index (χ1) is 9.40. The van der Waals surface area contributed by atoms with Crippen LogP contribution in [-0.2, 0) is 6.54 Å². The summed E-state index contributed by atoms with van der Waals surface area (Å²) in [7, 11) is 0. The predicted octanol–water partition coefficient (Wildman–Crippen LogP) is 3.49. The lowest BCUT2D eigenvalue weighted by Gasteiger charge is -2.42. The van der Waals surface area contributed by atoms with Gasteiger partial charge in [0.15, 0.2) is 0 Å². The Bertz CT molecular complexity index is 409. The highest BCUT2D eigenvalue weighted by atomic mass is 15.2. The molecule has 1 N–H and O–H groups in total. The minimum Gasteiger partial charge on any atom is -0.311 e. The number of rotatable bonds is 3. The Kier molecular flexibility index (Phi) is 4.19. The normalized spacial score (nSPS) is 24.4. The van der Waals surface area contributed by atoms with E-state index < -0.39 is 0 Å². The fraction of sp³-hybridized carbons (Fsp3) is 0.647. The molecule has 0 radical (unpaired) electrons. The standard InChI is InChI=1S/C17H26N2/c1-2-19(15-9-4-3-5-10-15)17-13-18-12-14-8-6-7-11-16(14)17/h6-8,11,15,17-18H,2-5,9-10,12-13H2,1H3. The smallest absolute Gasteiger partial charge is 0.0478 e. The highest BCUT2D eigenvalue weighted by Gasteiger charge is 2.30. The summed E-state index contributed by atoms with van der Waals surface area (Å²) in [6, 6.07) is 10.4. The van der Waals surface area contributed by atoms with E-state index in [9.17, 15) is 0 Å². The summed E-state index contributed by atoms with van der Waals surface area (Å²) in [6.07, 6.45) is 7.07. The Morgan fingerprint density at radius 1 is 1.16 bits per heavy atom. The molecule has 0 saturated heterocycles. The number of likely N-dealkylation sites (N-methyl/N-ethyl adjacent to an activating group) is 1. The van der Waals surface area contributed by atoms with Crippen LogP contribution >= 0.6 is 0 Å². The van der Waals surface area contributed by atoms with Crippen molar-refractivity contribution in [3.05, 3.63) is 35.4 Å². The van der Waals surface area contributed by atoms with Crippen molar-refractivity contribution in [2.24, 2.45) is 0 Å². The van der Waals surface area contributed by atoms with E-state index in [0.717, 1.165) is 19.1 Å². The number of fused-ring (bicyclic) bond motifs is 1. The maximum absolute atomic E-state index is 3.60. The third kappa shape index (κ3) is 2.70. The highest BCUT2D eigenvalue weighted by Crippen LogP contribution is 2.32. The van der Waals surface area contributed by atoms with Crippen molar-refractivity contribution in [3.63, 3.8) is 0 Å². The second kappa shape index (κ2) is 6.06. The Morgan fingerprint density at radius 3 is 2.74 bits per heavy atom. The molecular weight excluding hydrogens is 232 g/mol. The number of nitrogens with one attached hydrogen (secondary N) is 1. The maximum atomic E-state index is 3.60. The van der Waals surface area contributed by atoms with Crippen molar-refractivity contribution in [2.45, 2.75) is 57.7 Å². The van der Waals surface area contributed by atoms with E-state index in [-0.39, 0.29) is 0 Å². The number of hydrogen-bond acceptors (Lipinski definition) is 2. The first kappa shape index (κ1) is 13.1. The van der Waals surface area contributed by atoms with E-state index in [1.165, 1.54) is 44.2 Å². The van der Waals surface area contributed by atoms with Crippen LogP contribution in [-0.4, -0.2) is 24.0 Å². The van der Waals surface area contributed by atoms with Crippen LogP contribution in [0, 0.1) is 0 Å². The molecule has 1 unspecified atom stereocenters. The lowest BCUT2D eigenvalue weighted by Crippen LogP contribution is -2.45. The molecule has 0 bridgehead atoms. The molecular formula is C17H26N2. The monoisotopic (exact) mass is 258 g/mol. The van der Waals surface area contributed by atoms with E-state index in [4.69, 9.17) is 0 Å². The number of nitrogens with zero attached hydrogens (tertiary/aromatic N) is 1. The van der Waals surface area contributed by atoms with Crippen LogP contribution in [0.15, 0.2) is 24.3 Å². The maximum Gasteiger partial charge on any atom is 0.0478 e. The molecule has 1 fully saturated rings. The van der Waals surface area contributed by atoms with Crippen molar-refractivity contribution in [2.75, 3.05) is 13.1 Å². The molecule has 3 rings (SSSR count). The zero-order chi connectivity index (χ0) is 13.1. The van der Waals surface area contributed by atoms with E-state index in [1.54, 1.807) is 5.56 Å². The van der Waals surface area contributed by atoms with Crippen LogP contribution in [0.3, 0.4) is 0 Å². The minimum atomic E-state index is 0.582. The Balaban J connectivity index is 1.83. The third-order valence-electron chi connectivity index (χ3n) is 4.88. The van der Waals surface area contributed by atoms with Crippen molar-refractivity contribution < 1.29 is 0 Å². The van der Waals surface area contributed by atoms with Crippen molar-refractivity contribution in [1.82, 2.24) is 10.2 Å². The Hall–Kier alpha value is -0.860. The van der Waals surface area contributed by atoms with E-state index in [1.807, 2.05) is 0 Å². The summed E-state index contributed by atoms with van der Waals surface area (Å²) in [5.41, 5.74) is 3.06. The topological polar surface area (TPSA) is 15.3 Å². The average Bonchev–Trinajstić information content (AvgIpc) is 2.49. The van der Waals surface area contributed by atoms with Crippen LogP contribution in [0.2, 0.25) is 0 Å². The fourth-order valence-corrected chi connectivity index (χ4v) is 3.92. The molecule has 2 aliphatic rings. The van der Waals surface area contributed by atoms with E-state index in [0.29, 0.717) is 6.04 Å². The largest absolute Gasteiger partial charge is 0.311 e. The summed E-state index contributed by atoms with van der Waals surface area (Å²) in [5, 5.41) is 3.60. The molecule has 1 saturated carbocycles. The lowest BCUT2D eigenvalue weighted by molar-refractivity contribution is 0.104. The zero-order valence-corrected chi connectivity index (χ0v) is 12.1. The van der Waals surface area contributed by atoms with Gasteiger partial charge in [-0.3, -0.25) is 4.90 Å². The summed E-state index contributed by atoms with van der Waals surface area (Å²) in [5.74, 6) is 0. The summed E-state index contributed by atoms with van der Waals surface area (Å²) < 4.78 is 0. The van der Waals surface area contributed by atoms with Gasteiger partial charge in [0.2, 0.25) is 0 Å². The molecule has 1 aliphatic heterocycles. The molecule has 104 valence electrons. The molecule has 19 heavy (non-hydrogen) atoms. The van der Waals surface area contributed by atoms with Crippen LogP contribution in [0.4, 0.5) is 0 Å².